The third-order valence-corrected chi connectivity index (χ3v) is 4.24. The first kappa shape index (κ1) is 13.3. The van der Waals surface area contributed by atoms with Crippen molar-refractivity contribution in [2.24, 2.45) is 0 Å². The summed E-state index contributed by atoms with van der Waals surface area (Å²) in [5.41, 5.74) is 2.36. The van der Waals surface area contributed by atoms with Gasteiger partial charge in [0.05, 0.1) is 10.0 Å². The summed E-state index contributed by atoms with van der Waals surface area (Å²) in [6, 6.07) is 12.8. The number of anilines is 1. The van der Waals surface area contributed by atoms with Crippen LogP contribution in [0, 0.1) is 5.82 Å². The molecule has 1 aliphatic heterocycles. The highest BCUT2D eigenvalue weighted by molar-refractivity contribution is 9.10. The first-order chi connectivity index (χ1) is 9.66. The summed E-state index contributed by atoms with van der Waals surface area (Å²) in [5.74, 6) is -0.527. The monoisotopic (exact) mass is 333 g/mol. The van der Waals surface area contributed by atoms with Crippen LogP contribution in [0.5, 0.6) is 0 Å². The molecule has 0 saturated carbocycles. The van der Waals surface area contributed by atoms with Gasteiger partial charge in [-0.25, -0.2) is 4.39 Å². The first-order valence-electron chi connectivity index (χ1n) is 6.47. The van der Waals surface area contributed by atoms with E-state index in [0.29, 0.717) is 10.9 Å². The Morgan fingerprint density at radius 2 is 2.05 bits per heavy atom. The Bertz CT molecular complexity index is 671. The summed E-state index contributed by atoms with van der Waals surface area (Å²) in [7, 11) is 0. The molecule has 1 atom stereocenters. The summed E-state index contributed by atoms with van der Waals surface area (Å²) in [6.45, 7) is 0.723. The topological polar surface area (TPSA) is 29.1 Å². The van der Waals surface area contributed by atoms with E-state index in [-0.39, 0.29) is 17.3 Å². The zero-order chi connectivity index (χ0) is 14.1. The van der Waals surface area contributed by atoms with Crippen molar-refractivity contribution in [3.05, 3.63) is 63.9 Å². The van der Waals surface area contributed by atoms with E-state index in [0.717, 1.165) is 17.8 Å². The highest BCUT2D eigenvalue weighted by atomic mass is 79.9. The number of carbonyl (C=O) groups is 1. The van der Waals surface area contributed by atoms with Gasteiger partial charge in [0, 0.05) is 24.6 Å². The fourth-order valence-corrected chi connectivity index (χ4v) is 2.96. The van der Waals surface area contributed by atoms with Crippen molar-refractivity contribution in [1.29, 1.82) is 0 Å². The number of hydrogen-bond acceptors (Lipinski definition) is 2. The molecule has 3 rings (SSSR count). The predicted octanol–water partition coefficient (Wildman–Crippen LogP) is 4.37. The van der Waals surface area contributed by atoms with Gasteiger partial charge in [-0.05, 0) is 39.7 Å². The minimum atomic E-state index is -0.475. The van der Waals surface area contributed by atoms with Crippen molar-refractivity contribution in [2.75, 3.05) is 11.9 Å². The summed E-state index contributed by atoms with van der Waals surface area (Å²) < 4.78 is 14.3. The van der Waals surface area contributed by atoms with Crippen molar-refractivity contribution in [1.82, 2.24) is 0 Å². The van der Waals surface area contributed by atoms with Gasteiger partial charge in [-0.2, -0.15) is 0 Å². The number of hydrogen-bond donors (Lipinski definition) is 1. The lowest BCUT2D eigenvalue weighted by atomic mass is 9.93. The molecule has 1 unspecified atom stereocenters. The van der Waals surface area contributed by atoms with E-state index >= 15 is 0 Å². The molecule has 4 heteroatoms. The molecule has 1 N–H and O–H groups in total. The maximum absolute atomic E-state index is 13.9. The van der Waals surface area contributed by atoms with Gasteiger partial charge in [0.1, 0.15) is 5.82 Å². The van der Waals surface area contributed by atoms with Crippen molar-refractivity contribution >= 4 is 27.4 Å². The van der Waals surface area contributed by atoms with Crippen LogP contribution in [0.15, 0.2) is 46.9 Å². The number of para-hydroxylation sites is 1. The van der Waals surface area contributed by atoms with E-state index in [1.54, 1.807) is 12.1 Å². The maximum atomic E-state index is 13.9. The normalized spacial score (nSPS) is 16.6. The van der Waals surface area contributed by atoms with Gasteiger partial charge >= 0.3 is 0 Å². The number of benzene rings is 2. The van der Waals surface area contributed by atoms with Crippen LogP contribution in [0.25, 0.3) is 0 Å². The average Bonchev–Trinajstić information content (AvgIpc) is 2.85. The lowest BCUT2D eigenvalue weighted by Gasteiger charge is -2.10. The summed E-state index contributed by atoms with van der Waals surface area (Å²) in [4.78, 5) is 12.3. The standard InChI is InChI=1S/C16H13BrFNO/c17-13-6-3-5-12(16(13)18)15(20)8-10-9-19-14-7-2-1-4-11(10)14/h1-7,10,19H,8-9H2. The quantitative estimate of drug-likeness (QED) is 0.845. The van der Waals surface area contributed by atoms with Gasteiger partial charge in [0.15, 0.2) is 5.78 Å². The molecule has 0 saturated heterocycles. The smallest absolute Gasteiger partial charge is 0.166 e. The van der Waals surface area contributed by atoms with E-state index in [1.807, 2.05) is 24.3 Å². The van der Waals surface area contributed by atoms with E-state index < -0.39 is 5.82 Å². The van der Waals surface area contributed by atoms with Crippen LogP contribution in [0.4, 0.5) is 10.1 Å². The number of carbonyl (C=O) groups excluding carboxylic acids is 1. The Labute approximate surface area is 125 Å². The molecule has 0 bridgehead atoms. The molecule has 2 nitrogen and oxygen atoms in total. The van der Waals surface area contributed by atoms with Gasteiger partial charge < -0.3 is 5.32 Å². The zero-order valence-electron chi connectivity index (χ0n) is 10.7. The molecular formula is C16H13BrFNO. The molecule has 0 fully saturated rings. The molecule has 0 spiro atoms. The van der Waals surface area contributed by atoms with Crippen LogP contribution >= 0.6 is 15.9 Å². The van der Waals surface area contributed by atoms with Gasteiger partial charge in [-0.3, -0.25) is 4.79 Å². The second kappa shape index (κ2) is 5.37. The lowest BCUT2D eigenvalue weighted by Crippen LogP contribution is -2.11. The molecule has 2 aromatic rings. The number of Topliss-reactive ketones (excluding diaryl/α,β-unsaturated/α-hetero) is 1. The Hall–Kier alpha value is -1.68. The van der Waals surface area contributed by atoms with Crippen molar-refractivity contribution < 1.29 is 9.18 Å². The Morgan fingerprint density at radius 3 is 2.90 bits per heavy atom. The molecule has 0 amide bonds. The second-order valence-electron chi connectivity index (χ2n) is 4.89. The van der Waals surface area contributed by atoms with Crippen LogP contribution in [0.2, 0.25) is 0 Å². The molecule has 0 aromatic heterocycles. The van der Waals surface area contributed by atoms with Gasteiger partial charge in [-0.15, -0.1) is 0 Å². The van der Waals surface area contributed by atoms with Crippen LogP contribution in [0.3, 0.4) is 0 Å². The van der Waals surface area contributed by atoms with Crippen molar-refractivity contribution in [3.8, 4) is 0 Å². The number of halogens is 2. The van der Waals surface area contributed by atoms with E-state index in [4.69, 9.17) is 0 Å². The lowest BCUT2D eigenvalue weighted by molar-refractivity contribution is 0.0971. The fraction of sp³-hybridized carbons (Fsp3) is 0.188. The molecule has 102 valence electrons. The molecule has 1 aliphatic rings. The summed E-state index contributed by atoms with van der Waals surface area (Å²) in [5, 5.41) is 3.28. The Morgan fingerprint density at radius 1 is 1.25 bits per heavy atom. The van der Waals surface area contributed by atoms with Crippen LogP contribution in [-0.4, -0.2) is 12.3 Å². The van der Waals surface area contributed by atoms with Gasteiger partial charge in [0.25, 0.3) is 0 Å². The average molecular weight is 334 g/mol. The number of rotatable bonds is 3. The molecule has 20 heavy (non-hydrogen) atoms. The Balaban J connectivity index is 1.83. The highest BCUT2D eigenvalue weighted by Crippen LogP contribution is 2.34. The van der Waals surface area contributed by atoms with Crippen LogP contribution in [-0.2, 0) is 0 Å². The SMILES string of the molecule is O=C(CC1CNc2ccccc21)c1cccc(Br)c1F. The molecule has 2 aromatic carbocycles. The van der Waals surface area contributed by atoms with Crippen LogP contribution < -0.4 is 5.32 Å². The van der Waals surface area contributed by atoms with Gasteiger partial charge in [-0.1, -0.05) is 24.3 Å². The minimum absolute atomic E-state index is 0.108. The number of ketones is 1. The maximum Gasteiger partial charge on any atom is 0.166 e. The number of fused-ring (bicyclic) bond motifs is 1. The third kappa shape index (κ3) is 2.36. The molecule has 1 heterocycles. The highest BCUT2D eigenvalue weighted by Gasteiger charge is 2.25. The Kier molecular flexibility index (Phi) is 3.57. The van der Waals surface area contributed by atoms with Crippen molar-refractivity contribution in [2.45, 2.75) is 12.3 Å². The molecular weight excluding hydrogens is 321 g/mol. The summed E-state index contributed by atoms with van der Waals surface area (Å²) in [6.07, 6.45) is 0.317. The summed E-state index contributed by atoms with van der Waals surface area (Å²) >= 11 is 3.11. The second-order valence-corrected chi connectivity index (χ2v) is 5.75. The minimum Gasteiger partial charge on any atom is -0.384 e. The molecule has 0 aliphatic carbocycles. The largest absolute Gasteiger partial charge is 0.384 e. The number of nitrogens with one attached hydrogen (secondary N) is 1. The first-order valence-corrected chi connectivity index (χ1v) is 7.26. The fourth-order valence-electron chi connectivity index (χ4n) is 2.59. The van der Waals surface area contributed by atoms with E-state index in [2.05, 4.69) is 21.2 Å². The van der Waals surface area contributed by atoms with Gasteiger partial charge in [0.2, 0.25) is 0 Å². The van der Waals surface area contributed by atoms with E-state index in [1.165, 1.54) is 6.07 Å². The van der Waals surface area contributed by atoms with Crippen LogP contribution in [0.1, 0.15) is 28.3 Å². The van der Waals surface area contributed by atoms with E-state index in [9.17, 15) is 9.18 Å². The van der Waals surface area contributed by atoms with Crippen molar-refractivity contribution in [3.63, 3.8) is 0 Å². The third-order valence-electron chi connectivity index (χ3n) is 3.62. The molecule has 0 radical (unpaired) electrons. The predicted molar refractivity (Wildman–Crippen MR) is 80.7 cm³/mol. The zero-order valence-corrected chi connectivity index (χ0v) is 12.3.